The third-order valence-electron chi connectivity index (χ3n) is 6.50. The van der Waals surface area contributed by atoms with Gasteiger partial charge in [-0.25, -0.2) is 4.39 Å². The summed E-state index contributed by atoms with van der Waals surface area (Å²) in [4.78, 5) is 17.4. The van der Waals surface area contributed by atoms with Gasteiger partial charge in [0.2, 0.25) is 5.91 Å². The van der Waals surface area contributed by atoms with Crippen LogP contribution in [0.1, 0.15) is 44.9 Å². The summed E-state index contributed by atoms with van der Waals surface area (Å²) in [5, 5.41) is 9.86. The van der Waals surface area contributed by atoms with Crippen LogP contribution in [-0.2, 0) is 4.79 Å². The predicted octanol–water partition coefficient (Wildman–Crippen LogP) is 3.60. The second kappa shape index (κ2) is 7.01. The number of aliphatic hydroxyl groups is 1. The summed E-state index contributed by atoms with van der Waals surface area (Å²) in [6.07, 6.45) is 5.71. The van der Waals surface area contributed by atoms with Gasteiger partial charge in [-0.15, -0.1) is 0 Å². The normalized spacial score (nSPS) is 32.5. The zero-order valence-electron chi connectivity index (χ0n) is 15.0. The number of amides is 1. The van der Waals surface area contributed by atoms with Crippen LogP contribution in [-0.4, -0.2) is 47.7 Å². The van der Waals surface area contributed by atoms with Crippen LogP contribution < -0.4 is 4.90 Å². The molecule has 1 atom stereocenters. The first kappa shape index (κ1) is 18.1. The fourth-order valence-electron chi connectivity index (χ4n) is 5.02. The lowest BCUT2D eigenvalue weighted by Crippen LogP contribution is -2.50. The zero-order valence-corrected chi connectivity index (χ0v) is 15.7. The van der Waals surface area contributed by atoms with Crippen molar-refractivity contribution >= 4 is 23.2 Å². The van der Waals surface area contributed by atoms with Crippen molar-refractivity contribution < 1.29 is 14.3 Å². The lowest BCUT2D eigenvalue weighted by molar-refractivity contribution is -0.139. The van der Waals surface area contributed by atoms with E-state index in [1.165, 1.54) is 0 Å². The summed E-state index contributed by atoms with van der Waals surface area (Å²) < 4.78 is 14.5. The Morgan fingerprint density at radius 2 is 1.92 bits per heavy atom. The summed E-state index contributed by atoms with van der Waals surface area (Å²) in [5.74, 6) is -0.166. The summed E-state index contributed by atoms with van der Waals surface area (Å²) in [5.41, 5.74) is 0.104. The van der Waals surface area contributed by atoms with E-state index >= 15 is 0 Å². The number of likely N-dealkylation sites (tertiary alicyclic amines) is 1. The van der Waals surface area contributed by atoms with Crippen LogP contribution in [0.15, 0.2) is 18.2 Å². The summed E-state index contributed by atoms with van der Waals surface area (Å²) in [6.45, 7) is 2.10. The number of aliphatic hydroxyl groups excluding tert-OH is 1. The molecule has 26 heavy (non-hydrogen) atoms. The molecule has 0 aromatic heterocycles. The Morgan fingerprint density at radius 1 is 1.15 bits per heavy atom. The molecule has 1 unspecified atom stereocenters. The van der Waals surface area contributed by atoms with E-state index in [9.17, 15) is 14.3 Å². The highest BCUT2D eigenvalue weighted by molar-refractivity contribution is 6.31. The van der Waals surface area contributed by atoms with Crippen LogP contribution in [0.4, 0.5) is 10.1 Å². The third-order valence-corrected chi connectivity index (χ3v) is 6.79. The van der Waals surface area contributed by atoms with Gasteiger partial charge in [-0.2, -0.15) is 0 Å². The molecule has 1 spiro atoms. The van der Waals surface area contributed by atoms with Gasteiger partial charge in [0, 0.05) is 25.7 Å². The zero-order chi connectivity index (χ0) is 18.3. The van der Waals surface area contributed by atoms with Crippen molar-refractivity contribution in [3.05, 3.63) is 29.0 Å². The predicted molar refractivity (Wildman–Crippen MR) is 99.9 cm³/mol. The van der Waals surface area contributed by atoms with E-state index < -0.39 is 11.2 Å². The van der Waals surface area contributed by atoms with Crippen LogP contribution in [0.5, 0.6) is 0 Å². The molecular formula is C20H26ClFN2O2. The van der Waals surface area contributed by atoms with E-state index in [0.717, 1.165) is 58.0 Å². The molecule has 1 aromatic carbocycles. The average Bonchev–Trinajstić information content (AvgIpc) is 2.94. The molecule has 1 saturated carbocycles. The van der Waals surface area contributed by atoms with Gasteiger partial charge in [-0.3, -0.25) is 4.79 Å². The maximum Gasteiger partial charge on any atom is 0.230 e. The van der Waals surface area contributed by atoms with Gasteiger partial charge in [-0.05, 0) is 57.1 Å². The van der Waals surface area contributed by atoms with Crippen LogP contribution >= 0.6 is 11.6 Å². The average molecular weight is 381 g/mol. The first-order valence-electron chi connectivity index (χ1n) is 9.68. The maximum atomic E-state index is 14.5. The summed E-state index contributed by atoms with van der Waals surface area (Å²) >= 11 is 5.95. The van der Waals surface area contributed by atoms with Crippen molar-refractivity contribution in [3.8, 4) is 0 Å². The quantitative estimate of drug-likeness (QED) is 0.852. The van der Waals surface area contributed by atoms with Gasteiger partial charge < -0.3 is 14.9 Å². The monoisotopic (exact) mass is 380 g/mol. The Morgan fingerprint density at radius 3 is 2.69 bits per heavy atom. The van der Waals surface area contributed by atoms with E-state index in [4.69, 9.17) is 11.6 Å². The van der Waals surface area contributed by atoms with Gasteiger partial charge in [-0.1, -0.05) is 17.7 Å². The highest BCUT2D eigenvalue weighted by Crippen LogP contribution is 2.44. The molecule has 4 nitrogen and oxygen atoms in total. The van der Waals surface area contributed by atoms with Crippen molar-refractivity contribution in [1.29, 1.82) is 0 Å². The second-order valence-electron chi connectivity index (χ2n) is 8.09. The minimum absolute atomic E-state index is 0.127. The van der Waals surface area contributed by atoms with E-state index in [1.54, 1.807) is 18.2 Å². The molecule has 3 fully saturated rings. The molecule has 1 N–H and O–H groups in total. The molecule has 6 heteroatoms. The van der Waals surface area contributed by atoms with Crippen molar-refractivity contribution in [2.45, 2.75) is 57.1 Å². The number of piperidine rings is 1. The number of carbonyl (C=O) groups excluding carboxylic acids is 1. The van der Waals surface area contributed by atoms with Crippen molar-refractivity contribution in [1.82, 2.24) is 4.90 Å². The Balaban J connectivity index is 1.52. The molecule has 1 amide bonds. The van der Waals surface area contributed by atoms with E-state index in [2.05, 4.69) is 0 Å². The number of carbonyl (C=O) groups is 1. The lowest BCUT2D eigenvalue weighted by atomic mass is 9.78. The van der Waals surface area contributed by atoms with Crippen LogP contribution in [0.3, 0.4) is 0 Å². The number of nitrogens with zero attached hydrogens (tertiary/aromatic N) is 2. The molecule has 1 aromatic rings. The summed E-state index contributed by atoms with van der Waals surface area (Å²) in [6, 6.07) is 5.32. The number of rotatable bonds is 2. The van der Waals surface area contributed by atoms with E-state index in [-0.39, 0.29) is 23.1 Å². The van der Waals surface area contributed by atoms with Crippen LogP contribution in [0.25, 0.3) is 0 Å². The second-order valence-corrected chi connectivity index (χ2v) is 8.50. The fraction of sp³-hybridized carbons (Fsp3) is 0.650. The van der Waals surface area contributed by atoms with Crippen LogP contribution in [0.2, 0.25) is 5.02 Å². The number of halogens is 2. The fourth-order valence-corrected chi connectivity index (χ4v) is 5.19. The maximum absolute atomic E-state index is 14.5. The van der Waals surface area contributed by atoms with Crippen molar-refractivity contribution in [2.24, 2.45) is 5.41 Å². The first-order chi connectivity index (χ1) is 12.5. The largest absolute Gasteiger partial charge is 0.393 e. The topological polar surface area (TPSA) is 43.8 Å². The van der Waals surface area contributed by atoms with E-state index in [1.807, 2.05) is 9.80 Å². The van der Waals surface area contributed by atoms with Gasteiger partial charge in [0.1, 0.15) is 0 Å². The van der Waals surface area contributed by atoms with Gasteiger partial charge >= 0.3 is 0 Å². The molecule has 0 radical (unpaired) electrons. The number of hydrogen-bond donors (Lipinski definition) is 1. The molecule has 142 valence electrons. The number of hydrogen-bond acceptors (Lipinski definition) is 3. The number of anilines is 1. The van der Waals surface area contributed by atoms with Gasteiger partial charge in [0.05, 0.1) is 22.2 Å². The molecule has 1 aliphatic carbocycles. The Kier molecular flexibility index (Phi) is 4.86. The minimum atomic E-state index is -0.400. The Labute approximate surface area is 158 Å². The molecule has 2 aliphatic heterocycles. The van der Waals surface area contributed by atoms with Crippen molar-refractivity contribution in [3.63, 3.8) is 0 Å². The highest BCUT2D eigenvalue weighted by atomic mass is 35.5. The molecule has 2 saturated heterocycles. The smallest absolute Gasteiger partial charge is 0.230 e. The highest BCUT2D eigenvalue weighted by Gasteiger charge is 2.50. The SMILES string of the molecule is O=C1N(C2CCC(O)CC2)CCC12CCCN(c1cccc(Cl)c1F)C2. The molecule has 2 heterocycles. The molecular weight excluding hydrogens is 355 g/mol. The van der Waals surface area contributed by atoms with E-state index in [0.29, 0.717) is 12.2 Å². The van der Waals surface area contributed by atoms with Crippen LogP contribution in [0, 0.1) is 11.2 Å². The van der Waals surface area contributed by atoms with Crippen molar-refractivity contribution in [2.75, 3.05) is 24.5 Å². The number of benzene rings is 1. The Bertz CT molecular complexity index is 692. The summed E-state index contributed by atoms with van der Waals surface area (Å²) in [7, 11) is 0. The van der Waals surface area contributed by atoms with Gasteiger partial charge in [0.15, 0.2) is 5.82 Å². The first-order valence-corrected chi connectivity index (χ1v) is 10.1. The van der Waals surface area contributed by atoms with Gasteiger partial charge in [0.25, 0.3) is 0 Å². The lowest BCUT2D eigenvalue weighted by Gasteiger charge is -2.41. The molecule has 0 bridgehead atoms. The molecule has 3 aliphatic rings. The third kappa shape index (κ3) is 3.09. The Hall–Kier alpha value is -1.33. The molecule has 4 rings (SSSR count). The standard InChI is InChI=1S/C20H26ClFN2O2/c21-16-3-1-4-17(18(16)22)23-11-2-9-20(13-23)10-12-24(19(20)26)14-5-7-15(25)8-6-14/h1,3-4,14-15,25H,2,5-13H2. The minimum Gasteiger partial charge on any atom is -0.393 e.